The van der Waals surface area contributed by atoms with Crippen molar-refractivity contribution < 1.29 is 0 Å². The van der Waals surface area contributed by atoms with Crippen LogP contribution in [0.15, 0.2) is 29.6 Å². The van der Waals surface area contributed by atoms with Crippen molar-refractivity contribution in [2.24, 2.45) is 0 Å². The summed E-state index contributed by atoms with van der Waals surface area (Å²) < 4.78 is 0. The Morgan fingerprint density at radius 3 is 2.89 bits per heavy atom. The Morgan fingerprint density at radius 2 is 2.17 bits per heavy atom. The average Bonchev–Trinajstić information content (AvgIpc) is 2.73. The van der Waals surface area contributed by atoms with Crippen LogP contribution < -0.4 is 5.73 Å². The van der Waals surface area contributed by atoms with Gasteiger partial charge < -0.3 is 5.73 Å². The number of nitrogens with two attached hydrogens (primary N) is 1. The van der Waals surface area contributed by atoms with Crippen molar-refractivity contribution in [2.45, 2.75) is 25.2 Å². The standard InChI is InChI=1S/C15H14N2S/c16-13-6-1-3-11(9-13)7-8-15-17-14(10-18-15)12-4-2-5-12/h1,3,6,9-10,12H,2,4-5,16H2. The zero-order chi connectivity index (χ0) is 12.4. The number of hydrogen-bond donors (Lipinski definition) is 1. The van der Waals surface area contributed by atoms with Gasteiger partial charge in [-0.2, -0.15) is 0 Å². The van der Waals surface area contributed by atoms with Gasteiger partial charge in [0.2, 0.25) is 0 Å². The van der Waals surface area contributed by atoms with Gasteiger partial charge in [0.15, 0.2) is 5.01 Å². The van der Waals surface area contributed by atoms with Crippen LogP contribution in [0, 0.1) is 11.8 Å². The van der Waals surface area contributed by atoms with E-state index in [0.29, 0.717) is 5.92 Å². The molecule has 0 saturated heterocycles. The van der Waals surface area contributed by atoms with Gasteiger partial charge in [-0.3, -0.25) is 0 Å². The Morgan fingerprint density at radius 1 is 1.28 bits per heavy atom. The lowest BCUT2D eigenvalue weighted by atomic mass is 9.83. The number of thiazole rings is 1. The number of nitrogens with zero attached hydrogens (tertiary/aromatic N) is 1. The topological polar surface area (TPSA) is 38.9 Å². The zero-order valence-electron chi connectivity index (χ0n) is 10.0. The van der Waals surface area contributed by atoms with Gasteiger partial charge in [0, 0.05) is 22.5 Å². The van der Waals surface area contributed by atoms with E-state index in [4.69, 9.17) is 5.73 Å². The third-order valence-electron chi connectivity index (χ3n) is 3.25. The molecule has 1 aliphatic rings. The van der Waals surface area contributed by atoms with Gasteiger partial charge in [-0.15, -0.1) is 11.3 Å². The van der Waals surface area contributed by atoms with E-state index in [1.165, 1.54) is 25.0 Å². The highest BCUT2D eigenvalue weighted by molar-refractivity contribution is 7.10. The molecule has 2 nitrogen and oxygen atoms in total. The van der Waals surface area contributed by atoms with E-state index in [-0.39, 0.29) is 0 Å². The zero-order valence-corrected chi connectivity index (χ0v) is 10.8. The molecule has 0 aliphatic heterocycles. The van der Waals surface area contributed by atoms with Crippen molar-refractivity contribution in [1.82, 2.24) is 4.98 Å². The molecule has 3 rings (SSSR count). The molecule has 0 bridgehead atoms. The van der Waals surface area contributed by atoms with Crippen LogP contribution in [-0.4, -0.2) is 4.98 Å². The summed E-state index contributed by atoms with van der Waals surface area (Å²) in [7, 11) is 0. The van der Waals surface area contributed by atoms with Gasteiger partial charge >= 0.3 is 0 Å². The fourth-order valence-electron chi connectivity index (χ4n) is 1.98. The largest absolute Gasteiger partial charge is 0.399 e. The molecule has 0 unspecified atom stereocenters. The Bertz CT molecular complexity index is 615. The van der Waals surface area contributed by atoms with Crippen molar-refractivity contribution in [3.05, 3.63) is 45.9 Å². The number of hydrogen-bond acceptors (Lipinski definition) is 3. The van der Waals surface area contributed by atoms with Crippen molar-refractivity contribution >= 4 is 17.0 Å². The quantitative estimate of drug-likeness (QED) is 0.626. The Labute approximate surface area is 111 Å². The lowest BCUT2D eigenvalue weighted by Gasteiger charge is -2.22. The maximum atomic E-state index is 5.72. The van der Waals surface area contributed by atoms with Crippen LogP contribution >= 0.6 is 11.3 Å². The molecular weight excluding hydrogens is 240 g/mol. The van der Waals surface area contributed by atoms with Crippen LogP contribution in [0.2, 0.25) is 0 Å². The molecule has 0 radical (unpaired) electrons. The smallest absolute Gasteiger partial charge is 0.167 e. The lowest BCUT2D eigenvalue weighted by molar-refractivity contribution is 0.412. The van der Waals surface area contributed by atoms with Crippen LogP contribution in [0.4, 0.5) is 5.69 Å². The highest BCUT2D eigenvalue weighted by Gasteiger charge is 2.21. The van der Waals surface area contributed by atoms with E-state index >= 15 is 0 Å². The average molecular weight is 254 g/mol. The summed E-state index contributed by atoms with van der Waals surface area (Å²) in [6.45, 7) is 0. The number of anilines is 1. The summed E-state index contributed by atoms with van der Waals surface area (Å²) in [6.07, 6.45) is 3.91. The number of aromatic nitrogens is 1. The molecule has 1 aliphatic carbocycles. The van der Waals surface area contributed by atoms with Crippen LogP contribution in [0.5, 0.6) is 0 Å². The third-order valence-corrected chi connectivity index (χ3v) is 4.02. The van der Waals surface area contributed by atoms with Crippen LogP contribution in [0.3, 0.4) is 0 Å². The molecule has 1 aromatic heterocycles. The first-order valence-electron chi connectivity index (χ1n) is 6.14. The molecule has 2 N–H and O–H groups in total. The van der Waals surface area contributed by atoms with Crippen molar-refractivity contribution in [3.8, 4) is 11.8 Å². The lowest BCUT2D eigenvalue weighted by Crippen LogP contribution is -2.08. The highest BCUT2D eigenvalue weighted by Crippen LogP contribution is 2.36. The minimum atomic E-state index is 0.684. The van der Waals surface area contributed by atoms with Gasteiger partial charge in [0.05, 0.1) is 5.69 Å². The highest BCUT2D eigenvalue weighted by atomic mass is 32.1. The monoisotopic (exact) mass is 254 g/mol. The Hall–Kier alpha value is -1.79. The molecule has 1 fully saturated rings. The number of nitrogen functional groups attached to an aromatic ring is 1. The molecule has 0 spiro atoms. The van der Waals surface area contributed by atoms with Gasteiger partial charge in [0.25, 0.3) is 0 Å². The summed E-state index contributed by atoms with van der Waals surface area (Å²) in [6, 6.07) is 7.63. The maximum absolute atomic E-state index is 5.72. The molecular formula is C15H14N2S. The summed E-state index contributed by atoms with van der Waals surface area (Å²) in [5.74, 6) is 6.91. The number of benzene rings is 1. The second-order valence-electron chi connectivity index (χ2n) is 4.58. The van der Waals surface area contributed by atoms with Crippen LogP contribution in [-0.2, 0) is 0 Å². The van der Waals surface area contributed by atoms with E-state index in [1.807, 2.05) is 24.3 Å². The van der Waals surface area contributed by atoms with Crippen molar-refractivity contribution in [1.29, 1.82) is 0 Å². The third kappa shape index (κ3) is 2.39. The summed E-state index contributed by atoms with van der Waals surface area (Å²) in [5, 5.41) is 3.05. The Kier molecular flexibility index (Phi) is 3.04. The van der Waals surface area contributed by atoms with Gasteiger partial charge in [-0.25, -0.2) is 4.98 Å². The first-order chi connectivity index (χ1) is 8.81. The Balaban J connectivity index is 1.78. The first-order valence-corrected chi connectivity index (χ1v) is 7.02. The van der Waals surface area contributed by atoms with Crippen molar-refractivity contribution in [3.63, 3.8) is 0 Å². The maximum Gasteiger partial charge on any atom is 0.167 e. The number of rotatable bonds is 1. The summed E-state index contributed by atoms with van der Waals surface area (Å²) in [4.78, 5) is 4.58. The SMILES string of the molecule is Nc1cccc(C#Cc2nc(C3CCC3)cs2)c1. The minimum Gasteiger partial charge on any atom is -0.399 e. The fraction of sp³-hybridized carbons (Fsp3) is 0.267. The minimum absolute atomic E-state index is 0.684. The van der Waals surface area contributed by atoms with E-state index in [2.05, 4.69) is 22.2 Å². The summed E-state index contributed by atoms with van der Waals surface area (Å²) in [5.41, 5.74) is 8.63. The van der Waals surface area contributed by atoms with Gasteiger partial charge in [0.1, 0.15) is 0 Å². The predicted molar refractivity (Wildman–Crippen MR) is 75.5 cm³/mol. The molecule has 18 heavy (non-hydrogen) atoms. The first kappa shape index (κ1) is 11.3. The second kappa shape index (κ2) is 4.83. The second-order valence-corrected chi connectivity index (χ2v) is 5.44. The van der Waals surface area contributed by atoms with E-state index < -0.39 is 0 Å². The molecule has 90 valence electrons. The summed E-state index contributed by atoms with van der Waals surface area (Å²) >= 11 is 1.63. The molecule has 0 atom stereocenters. The van der Waals surface area contributed by atoms with Gasteiger partial charge in [-0.05, 0) is 37.0 Å². The fourth-order valence-corrected chi connectivity index (χ4v) is 2.72. The van der Waals surface area contributed by atoms with E-state index in [9.17, 15) is 0 Å². The van der Waals surface area contributed by atoms with E-state index in [1.54, 1.807) is 11.3 Å². The van der Waals surface area contributed by atoms with Crippen LogP contribution in [0.1, 0.15) is 41.4 Å². The molecule has 2 aromatic rings. The van der Waals surface area contributed by atoms with Gasteiger partial charge in [-0.1, -0.05) is 18.4 Å². The molecule has 1 heterocycles. The molecule has 3 heteroatoms. The molecule has 0 amide bonds. The molecule has 1 saturated carbocycles. The normalized spacial score (nSPS) is 14.7. The van der Waals surface area contributed by atoms with Crippen LogP contribution in [0.25, 0.3) is 0 Å². The van der Waals surface area contributed by atoms with Crippen molar-refractivity contribution in [2.75, 3.05) is 5.73 Å². The predicted octanol–water partition coefficient (Wildman–Crippen LogP) is 3.39. The molecule has 1 aromatic carbocycles. The van der Waals surface area contributed by atoms with E-state index in [0.717, 1.165) is 16.3 Å².